The molecule has 0 aromatic heterocycles. The molecule has 53 heavy (non-hydrogen) atoms. The standard InChI is InChI=1S/C44H36ClN3O4S/c1-29-25-38(40(52-2)28-37(29)45)47-44(51)41(33-15-8-4-9-16-33)53-36-20-12-19-35(27-36)46-43(50)39(48-42(49)34-17-10-5-11-18-34)26-30-21-23-32(24-22-30)31-13-6-3-7-14-31/h3-28,41H,1-2H3,(H,46,50)(H,47,51)(H,48,49)/b39-26+. The lowest BCUT2D eigenvalue weighted by Gasteiger charge is -2.19. The molecular formula is C44H36ClN3O4S. The third kappa shape index (κ3) is 9.62. The Labute approximate surface area is 318 Å². The van der Waals surface area contributed by atoms with Gasteiger partial charge in [0.25, 0.3) is 11.8 Å². The fourth-order valence-corrected chi connectivity index (χ4v) is 6.76. The van der Waals surface area contributed by atoms with Crippen molar-refractivity contribution in [2.45, 2.75) is 17.1 Å². The zero-order valence-electron chi connectivity index (χ0n) is 29.0. The second-order valence-electron chi connectivity index (χ2n) is 12.0. The van der Waals surface area contributed by atoms with Crippen molar-refractivity contribution in [3.8, 4) is 16.9 Å². The molecule has 6 aromatic rings. The van der Waals surface area contributed by atoms with Crippen molar-refractivity contribution in [1.82, 2.24) is 5.32 Å². The van der Waals surface area contributed by atoms with Crippen LogP contribution in [0.4, 0.5) is 11.4 Å². The number of benzene rings is 6. The average molecular weight is 738 g/mol. The summed E-state index contributed by atoms with van der Waals surface area (Å²) in [5.74, 6) is -0.735. The summed E-state index contributed by atoms with van der Waals surface area (Å²) in [7, 11) is 1.52. The molecule has 0 saturated heterocycles. The van der Waals surface area contributed by atoms with E-state index in [9.17, 15) is 14.4 Å². The first-order chi connectivity index (χ1) is 25.8. The summed E-state index contributed by atoms with van der Waals surface area (Å²) < 4.78 is 5.49. The Balaban J connectivity index is 1.25. The molecule has 0 saturated carbocycles. The first-order valence-corrected chi connectivity index (χ1v) is 18.0. The van der Waals surface area contributed by atoms with Crippen molar-refractivity contribution in [1.29, 1.82) is 0 Å². The van der Waals surface area contributed by atoms with Crippen molar-refractivity contribution >= 4 is 58.5 Å². The fourth-order valence-electron chi connectivity index (χ4n) is 5.52. The number of carbonyl (C=O) groups is 3. The second kappa shape index (κ2) is 17.4. The van der Waals surface area contributed by atoms with E-state index in [-0.39, 0.29) is 11.6 Å². The largest absolute Gasteiger partial charge is 0.495 e. The van der Waals surface area contributed by atoms with Gasteiger partial charge in [-0.2, -0.15) is 0 Å². The maximum atomic E-state index is 13.9. The number of amides is 3. The molecule has 1 unspecified atom stereocenters. The van der Waals surface area contributed by atoms with Gasteiger partial charge in [0.05, 0.1) is 12.8 Å². The summed E-state index contributed by atoms with van der Waals surface area (Å²) in [4.78, 5) is 41.7. The minimum absolute atomic E-state index is 0.0677. The molecule has 0 radical (unpaired) electrons. The monoisotopic (exact) mass is 737 g/mol. The van der Waals surface area contributed by atoms with Gasteiger partial charge in [-0.05, 0) is 77.2 Å². The molecular weight excluding hydrogens is 702 g/mol. The van der Waals surface area contributed by atoms with E-state index in [1.54, 1.807) is 60.7 Å². The molecule has 0 aliphatic heterocycles. The van der Waals surface area contributed by atoms with Crippen LogP contribution in [0.3, 0.4) is 0 Å². The number of carbonyl (C=O) groups excluding carboxylic acids is 3. The molecule has 0 aliphatic carbocycles. The molecule has 0 aliphatic rings. The molecule has 0 heterocycles. The molecule has 6 aromatic carbocycles. The van der Waals surface area contributed by atoms with Gasteiger partial charge in [-0.1, -0.05) is 121 Å². The van der Waals surface area contributed by atoms with Crippen LogP contribution in [-0.2, 0) is 9.59 Å². The summed E-state index contributed by atoms with van der Waals surface area (Å²) in [5, 5.41) is 8.65. The molecule has 3 amide bonds. The number of aryl methyl sites for hydroxylation is 1. The molecule has 1 atom stereocenters. The highest BCUT2D eigenvalue weighted by Crippen LogP contribution is 2.39. The van der Waals surface area contributed by atoms with Gasteiger partial charge in [-0.25, -0.2) is 0 Å². The summed E-state index contributed by atoms with van der Waals surface area (Å²) in [6.07, 6.45) is 1.64. The summed E-state index contributed by atoms with van der Waals surface area (Å²) in [6.45, 7) is 1.86. The van der Waals surface area contributed by atoms with E-state index in [1.165, 1.54) is 18.9 Å². The van der Waals surface area contributed by atoms with Gasteiger partial charge in [0, 0.05) is 27.2 Å². The highest BCUT2D eigenvalue weighted by molar-refractivity contribution is 8.00. The van der Waals surface area contributed by atoms with Crippen molar-refractivity contribution < 1.29 is 19.1 Å². The average Bonchev–Trinajstić information content (AvgIpc) is 3.19. The normalized spacial score (nSPS) is 11.6. The quantitative estimate of drug-likeness (QED) is 0.0858. The Morgan fingerprint density at radius 3 is 2.04 bits per heavy atom. The lowest BCUT2D eigenvalue weighted by molar-refractivity contribution is -0.116. The third-order valence-corrected chi connectivity index (χ3v) is 9.94. The lowest BCUT2D eigenvalue weighted by Crippen LogP contribution is -2.30. The predicted molar refractivity (Wildman–Crippen MR) is 215 cm³/mol. The fraction of sp³-hybridized carbons (Fsp3) is 0.0682. The van der Waals surface area contributed by atoms with Crippen LogP contribution in [0.15, 0.2) is 162 Å². The smallest absolute Gasteiger partial charge is 0.272 e. The van der Waals surface area contributed by atoms with Crippen molar-refractivity contribution in [2.24, 2.45) is 0 Å². The van der Waals surface area contributed by atoms with E-state index in [0.29, 0.717) is 27.7 Å². The van der Waals surface area contributed by atoms with Gasteiger partial charge >= 0.3 is 0 Å². The van der Waals surface area contributed by atoms with Crippen LogP contribution in [0, 0.1) is 6.92 Å². The maximum Gasteiger partial charge on any atom is 0.272 e. The molecule has 0 spiro atoms. The summed E-state index contributed by atoms with van der Waals surface area (Å²) >= 11 is 7.64. The van der Waals surface area contributed by atoms with Crippen LogP contribution in [0.2, 0.25) is 5.02 Å². The zero-order valence-corrected chi connectivity index (χ0v) is 30.6. The van der Waals surface area contributed by atoms with Gasteiger partial charge in [-0.3, -0.25) is 14.4 Å². The summed E-state index contributed by atoms with van der Waals surface area (Å²) in [5.41, 5.74) is 5.91. The zero-order chi connectivity index (χ0) is 37.2. The van der Waals surface area contributed by atoms with Gasteiger partial charge in [0.15, 0.2) is 0 Å². The molecule has 7 nitrogen and oxygen atoms in total. The molecule has 9 heteroatoms. The van der Waals surface area contributed by atoms with E-state index in [0.717, 1.165) is 32.7 Å². The molecule has 0 fully saturated rings. The van der Waals surface area contributed by atoms with E-state index < -0.39 is 17.1 Å². The highest BCUT2D eigenvalue weighted by Gasteiger charge is 2.24. The van der Waals surface area contributed by atoms with E-state index >= 15 is 0 Å². The molecule has 6 rings (SSSR count). The third-order valence-electron chi connectivity index (χ3n) is 8.28. The van der Waals surface area contributed by atoms with Crippen LogP contribution < -0.4 is 20.7 Å². The van der Waals surface area contributed by atoms with Crippen LogP contribution >= 0.6 is 23.4 Å². The summed E-state index contributed by atoms with van der Waals surface area (Å²) in [6, 6.07) is 46.6. The number of rotatable bonds is 12. The maximum absolute atomic E-state index is 13.9. The van der Waals surface area contributed by atoms with Crippen LogP contribution in [0.1, 0.15) is 32.3 Å². The van der Waals surface area contributed by atoms with E-state index in [2.05, 4.69) is 16.0 Å². The number of nitrogens with one attached hydrogen (secondary N) is 3. The van der Waals surface area contributed by atoms with Gasteiger partial charge in [0.1, 0.15) is 16.7 Å². The Bertz CT molecular complexity index is 2250. The first-order valence-electron chi connectivity index (χ1n) is 16.8. The molecule has 264 valence electrons. The number of anilines is 2. The van der Waals surface area contributed by atoms with Gasteiger partial charge in [0.2, 0.25) is 5.91 Å². The van der Waals surface area contributed by atoms with Gasteiger partial charge in [-0.15, -0.1) is 11.8 Å². The Morgan fingerprint density at radius 1 is 0.717 bits per heavy atom. The SMILES string of the molecule is COc1cc(Cl)c(C)cc1NC(=O)C(Sc1cccc(NC(=O)/C(=C\c2ccc(-c3ccccc3)cc2)NC(=O)c2ccccc2)c1)c1ccccc1. The van der Waals surface area contributed by atoms with E-state index in [4.69, 9.17) is 16.3 Å². The number of hydrogen-bond acceptors (Lipinski definition) is 5. The Hall–Kier alpha value is -6.09. The molecule has 0 bridgehead atoms. The van der Waals surface area contributed by atoms with E-state index in [1.807, 2.05) is 104 Å². The van der Waals surface area contributed by atoms with Crippen molar-refractivity contribution in [3.05, 3.63) is 185 Å². The van der Waals surface area contributed by atoms with Crippen LogP contribution in [0.25, 0.3) is 17.2 Å². The molecule has 3 N–H and O–H groups in total. The lowest BCUT2D eigenvalue weighted by atomic mass is 10.0. The number of ether oxygens (including phenoxy) is 1. The minimum atomic E-state index is -0.651. The number of hydrogen-bond donors (Lipinski definition) is 3. The van der Waals surface area contributed by atoms with Gasteiger partial charge < -0.3 is 20.7 Å². The van der Waals surface area contributed by atoms with Crippen LogP contribution in [0.5, 0.6) is 5.75 Å². The predicted octanol–water partition coefficient (Wildman–Crippen LogP) is 10.2. The second-order valence-corrected chi connectivity index (χ2v) is 13.6. The van der Waals surface area contributed by atoms with Crippen molar-refractivity contribution in [2.75, 3.05) is 17.7 Å². The Kier molecular flexibility index (Phi) is 12.1. The minimum Gasteiger partial charge on any atom is -0.495 e. The first kappa shape index (κ1) is 36.7. The number of halogens is 1. The topological polar surface area (TPSA) is 96.5 Å². The van der Waals surface area contributed by atoms with Crippen molar-refractivity contribution in [3.63, 3.8) is 0 Å². The Morgan fingerprint density at radius 2 is 1.36 bits per heavy atom. The van der Waals surface area contributed by atoms with Crippen LogP contribution in [-0.4, -0.2) is 24.8 Å². The number of methoxy groups -OCH3 is 1. The number of thioether (sulfide) groups is 1. The highest BCUT2D eigenvalue weighted by atomic mass is 35.5.